The fraction of sp³-hybridized carbons (Fsp3) is 0. The molecule has 0 aliphatic heterocycles. The van der Waals surface area contributed by atoms with Crippen LogP contribution in [0.5, 0.6) is 0 Å². The summed E-state index contributed by atoms with van der Waals surface area (Å²) >= 11 is 1.98. The predicted molar refractivity (Wildman–Crippen MR) is 45.2 cm³/mol. The second-order valence-corrected chi connectivity index (χ2v) is 2.88. The van der Waals surface area contributed by atoms with Crippen molar-refractivity contribution in [3.63, 3.8) is 0 Å². The van der Waals surface area contributed by atoms with Gasteiger partial charge in [0.2, 0.25) is 5.56 Å². The average Bonchev–Trinajstić information content (AvgIpc) is 1.94. The van der Waals surface area contributed by atoms with Gasteiger partial charge in [-0.15, -0.1) is 0 Å². The summed E-state index contributed by atoms with van der Waals surface area (Å²) in [5.74, 6) is 0. The van der Waals surface area contributed by atoms with Crippen molar-refractivity contribution in [2.75, 3.05) is 0 Å². The van der Waals surface area contributed by atoms with Gasteiger partial charge in [0, 0.05) is 21.4 Å². The lowest BCUT2D eigenvalue weighted by molar-refractivity contribution is 0.112. The number of H-pyrrole nitrogens is 1. The monoisotopic (exact) mass is 249 g/mol. The quantitative estimate of drug-likeness (QED) is 0.591. The fourth-order valence-electron chi connectivity index (χ4n) is 0.560. The smallest absolute Gasteiger partial charge is 0.248 e. The number of carbonyl (C=O) groups is 1. The highest BCUT2D eigenvalue weighted by atomic mass is 127. The van der Waals surface area contributed by atoms with Crippen LogP contribution in [0.1, 0.15) is 10.4 Å². The molecule has 0 saturated heterocycles. The minimum absolute atomic E-state index is 0.248. The van der Waals surface area contributed by atoms with Gasteiger partial charge >= 0.3 is 0 Å². The Labute approximate surface area is 70.6 Å². The van der Waals surface area contributed by atoms with Crippen molar-refractivity contribution in [3.8, 4) is 0 Å². The molecule has 10 heavy (non-hydrogen) atoms. The van der Waals surface area contributed by atoms with Gasteiger partial charge in [0.15, 0.2) is 6.29 Å². The number of aromatic nitrogens is 1. The number of carbonyl (C=O) groups excluding carboxylic acids is 1. The first-order chi connectivity index (χ1) is 4.74. The molecule has 1 aromatic rings. The van der Waals surface area contributed by atoms with E-state index in [2.05, 4.69) is 4.98 Å². The van der Waals surface area contributed by atoms with Gasteiger partial charge in [-0.1, -0.05) is 0 Å². The highest BCUT2D eigenvalue weighted by molar-refractivity contribution is 14.1. The molecule has 0 spiro atoms. The van der Waals surface area contributed by atoms with Crippen LogP contribution in [-0.2, 0) is 0 Å². The van der Waals surface area contributed by atoms with Crippen molar-refractivity contribution in [1.82, 2.24) is 4.98 Å². The van der Waals surface area contributed by atoms with E-state index in [1.165, 1.54) is 12.3 Å². The van der Waals surface area contributed by atoms with Crippen molar-refractivity contribution in [1.29, 1.82) is 0 Å². The number of pyridine rings is 1. The maximum atomic E-state index is 10.6. The Morgan fingerprint density at radius 2 is 2.30 bits per heavy atom. The van der Waals surface area contributed by atoms with E-state index in [1.807, 2.05) is 22.6 Å². The van der Waals surface area contributed by atoms with Crippen molar-refractivity contribution in [2.45, 2.75) is 0 Å². The Balaban J connectivity index is 3.35. The zero-order chi connectivity index (χ0) is 7.56. The Morgan fingerprint density at radius 1 is 1.60 bits per heavy atom. The molecular weight excluding hydrogens is 245 g/mol. The molecule has 1 heterocycles. The number of aldehydes is 1. The minimum atomic E-state index is -0.248. The molecule has 0 aliphatic rings. The van der Waals surface area contributed by atoms with Crippen LogP contribution in [0.15, 0.2) is 17.1 Å². The third-order valence-corrected chi connectivity index (χ3v) is 1.96. The number of rotatable bonds is 1. The standard InChI is InChI=1S/C6H4INO2/c7-5-2-8-6(10)1-4(5)3-9/h1-3H,(H,8,10). The van der Waals surface area contributed by atoms with E-state index in [9.17, 15) is 9.59 Å². The van der Waals surface area contributed by atoms with Crippen LogP contribution in [0.25, 0.3) is 0 Å². The third-order valence-electron chi connectivity index (χ3n) is 1.03. The predicted octanol–water partition coefficient (Wildman–Crippen LogP) is 0.792. The molecule has 3 nitrogen and oxygen atoms in total. The SMILES string of the molecule is O=Cc1cc(=O)[nH]cc1I. The molecule has 0 fully saturated rings. The Morgan fingerprint density at radius 3 is 2.80 bits per heavy atom. The Bertz CT molecular complexity index is 305. The van der Waals surface area contributed by atoms with E-state index in [1.54, 1.807) is 0 Å². The van der Waals surface area contributed by atoms with Gasteiger partial charge in [-0.2, -0.15) is 0 Å². The van der Waals surface area contributed by atoms with Crippen LogP contribution < -0.4 is 5.56 Å². The minimum Gasteiger partial charge on any atom is -0.328 e. The molecular formula is C6H4INO2. The third kappa shape index (κ3) is 1.44. The molecule has 1 aromatic heterocycles. The Kier molecular flexibility index (Phi) is 2.21. The van der Waals surface area contributed by atoms with E-state index in [0.717, 1.165) is 3.57 Å². The lowest BCUT2D eigenvalue weighted by Crippen LogP contribution is -2.05. The summed E-state index contributed by atoms with van der Waals surface area (Å²) in [6.45, 7) is 0. The van der Waals surface area contributed by atoms with Gasteiger partial charge in [-0.25, -0.2) is 0 Å². The maximum Gasteiger partial charge on any atom is 0.248 e. The first kappa shape index (κ1) is 7.46. The lowest BCUT2D eigenvalue weighted by Gasteiger charge is -1.90. The van der Waals surface area contributed by atoms with Crippen molar-refractivity contribution >= 4 is 28.9 Å². The number of nitrogens with one attached hydrogen (secondary N) is 1. The van der Waals surface area contributed by atoms with Crippen molar-refractivity contribution in [3.05, 3.63) is 31.8 Å². The second kappa shape index (κ2) is 2.96. The number of aromatic amines is 1. The first-order valence-corrected chi connectivity index (χ1v) is 3.65. The van der Waals surface area contributed by atoms with Crippen LogP contribution in [0, 0.1) is 3.57 Å². The summed E-state index contributed by atoms with van der Waals surface area (Å²) in [6, 6.07) is 1.27. The van der Waals surface area contributed by atoms with Crippen LogP contribution in [0.2, 0.25) is 0 Å². The molecule has 0 amide bonds. The summed E-state index contributed by atoms with van der Waals surface area (Å²) < 4.78 is 0.757. The molecule has 0 radical (unpaired) electrons. The molecule has 0 aliphatic carbocycles. The largest absolute Gasteiger partial charge is 0.328 e. The molecule has 0 aromatic carbocycles. The van der Waals surface area contributed by atoms with Crippen LogP contribution in [0.3, 0.4) is 0 Å². The molecule has 0 atom stereocenters. The van der Waals surface area contributed by atoms with Crippen LogP contribution in [-0.4, -0.2) is 11.3 Å². The van der Waals surface area contributed by atoms with Gasteiger partial charge in [0.05, 0.1) is 0 Å². The molecule has 4 heteroatoms. The van der Waals surface area contributed by atoms with Crippen LogP contribution in [0.4, 0.5) is 0 Å². The molecule has 1 rings (SSSR count). The lowest BCUT2D eigenvalue weighted by atomic mass is 10.3. The molecule has 1 N–H and O–H groups in total. The van der Waals surface area contributed by atoms with E-state index in [-0.39, 0.29) is 5.56 Å². The average molecular weight is 249 g/mol. The highest BCUT2D eigenvalue weighted by Crippen LogP contribution is 2.03. The van der Waals surface area contributed by atoms with Gasteiger partial charge in [0.1, 0.15) is 0 Å². The number of hydrogen-bond acceptors (Lipinski definition) is 2. The number of hydrogen-bond donors (Lipinski definition) is 1. The second-order valence-electron chi connectivity index (χ2n) is 1.72. The maximum absolute atomic E-state index is 10.6. The van der Waals surface area contributed by atoms with Gasteiger partial charge in [-0.05, 0) is 22.6 Å². The normalized spacial score (nSPS) is 9.30. The zero-order valence-electron chi connectivity index (χ0n) is 4.93. The molecule has 0 saturated carbocycles. The van der Waals surface area contributed by atoms with Crippen LogP contribution >= 0.6 is 22.6 Å². The van der Waals surface area contributed by atoms with E-state index < -0.39 is 0 Å². The first-order valence-electron chi connectivity index (χ1n) is 2.57. The van der Waals surface area contributed by atoms with Crippen molar-refractivity contribution in [2.24, 2.45) is 0 Å². The fourth-order valence-corrected chi connectivity index (χ4v) is 0.999. The van der Waals surface area contributed by atoms with E-state index in [0.29, 0.717) is 11.8 Å². The molecule has 0 bridgehead atoms. The highest BCUT2D eigenvalue weighted by Gasteiger charge is 1.96. The summed E-state index contributed by atoms with van der Waals surface area (Å²) in [5, 5.41) is 0. The van der Waals surface area contributed by atoms with E-state index >= 15 is 0 Å². The van der Waals surface area contributed by atoms with Gasteiger partial charge < -0.3 is 4.98 Å². The summed E-state index contributed by atoms with van der Waals surface area (Å²) in [4.78, 5) is 23.3. The van der Waals surface area contributed by atoms with Gasteiger partial charge in [0.25, 0.3) is 0 Å². The zero-order valence-corrected chi connectivity index (χ0v) is 7.08. The van der Waals surface area contributed by atoms with E-state index in [4.69, 9.17) is 0 Å². The molecule has 0 unspecified atom stereocenters. The van der Waals surface area contributed by atoms with Gasteiger partial charge in [-0.3, -0.25) is 9.59 Å². The topological polar surface area (TPSA) is 49.9 Å². The summed E-state index contributed by atoms with van der Waals surface area (Å²) in [7, 11) is 0. The summed E-state index contributed by atoms with van der Waals surface area (Å²) in [5.41, 5.74) is 0.187. The number of halogens is 1. The molecule has 52 valence electrons. The Hall–Kier alpha value is -0.650. The summed E-state index contributed by atoms with van der Waals surface area (Å²) in [6.07, 6.45) is 2.17. The van der Waals surface area contributed by atoms with Crippen molar-refractivity contribution < 1.29 is 4.79 Å².